The third-order valence-electron chi connectivity index (χ3n) is 3.31. The minimum Gasteiger partial charge on any atom is -0.481 e. The molecule has 2 N–H and O–H groups in total. The largest absolute Gasteiger partial charge is 0.481 e. The molecule has 0 aliphatic rings. The molecule has 0 saturated heterocycles. The standard InChI is InChI=1S/C17H20N2O3S/c1-12(7-17(21)22)10-18-15(20)9-14-11-23-16(19-14)8-13-5-3-2-4-6-13/h2-6,11-12H,7-10H2,1H3,(H,18,20)(H,21,22). The second-order valence-corrected chi connectivity index (χ2v) is 6.52. The number of hydrogen-bond acceptors (Lipinski definition) is 4. The third kappa shape index (κ3) is 6.20. The highest BCUT2D eigenvalue weighted by molar-refractivity contribution is 7.09. The first kappa shape index (κ1) is 17.1. The smallest absolute Gasteiger partial charge is 0.303 e. The summed E-state index contributed by atoms with van der Waals surface area (Å²) in [5, 5.41) is 14.3. The highest BCUT2D eigenvalue weighted by atomic mass is 32.1. The lowest BCUT2D eigenvalue weighted by Gasteiger charge is -2.09. The van der Waals surface area contributed by atoms with Gasteiger partial charge in [-0.3, -0.25) is 9.59 Å². The minimum atomic E-state index is -0.850. The maximum Gasteiger partial charge on any atom is 0.303 e. The van der Waals surface area contributed by atoms with Gasteiger partial charge in [0.2, 0.25) is 5.91 Å². The second-order valence-electron chi connectivity index (χ2n) is 5.58. The molecular weight excluding hydrogens is 312 g/mol. The molecule has 1 atom stereocenters. The zero-order valence-corrected chi connectivity index (χ0v) is 13.8. The number of aliphatic carboxylic acids is 1. The number of carbonyl (C=O) groups excluding carboxylic acids is 1. The van der Waals surface area contributed by atoms with Crippen LogP contribution in [0.3, 0.4) is 0 Å². The highest BCUT2D eigenvalue weighted by Gasteiger charge is 2.11. The van der Waals surface area contributed by atoms with E-state index in [-0.39, 0.29) is 24.7 Å². The number of hydrogen-bond donors (Lipinski definition) is 2. The van der Waals surface area contributed by atoms with Gasteiger partial charge < -0.3 is 10.4 Å². The Labute approximate surface area is 139 Å². The van der Waals surface area contributed by atoms with Crippen molar-refractivity contribution in [2.24, 2.45) is 5.92 Å². The molecule has 0 bridgehead atoms. The average molecular weight is 332 g/mol. The molecule has 0 fully saturated rings. The van der Waals surface area contributed by atoms with Crippen LogP contribution in [0.2, 0.25) is 0 Å². The molecule has 0 radical (unpaired) electrons. The van der Waals surface area contributed by atoms with Crippen LogP contribution in [-0.4, -0.2) is 28.5 Å². The van der Waals surface area contributed by atoms with Crippen molar-refractivity contribution in [3.8, 4) is 0 Å². The summed E-state index contributed by atoms with van der Waals surface area (Å²) in [5.74, 6) is -1.06. The van der Waals surface area contributed by atoms with E-state index in [1.165, 1.54) is 5.56 Å². The van der Waals surface area contributed by atoms with Crippen LogP contribution < -0.4 is 5.32 Å². The van der Waals surface area contributed by atoms with Crippen LogP contribution in [0.5, 0.6) is 0 Å². The van der Waals surface area contributed by atoms with Crippen molar-refractivity contribution in [1.82, 2.24) is 10.3 Å². The van der Waals surface area contributed by atoms with Crippen LogP contribution in [0.25, 0.3) is 0 Å². The van der Waals surface area contributed by atoms with Crippen molar-refractivity contribution in [3.63, 3.8) is 0 Å². The lowest BCUT2D eigenvalue weighted by molar-refractivity contribution is -0.138. The summed E-state index contributed by atoms with van der Waals surface area (Å²) in [7, 11) is 0. The van der Waals surface area contributed by atoms with Gasteiger partial charge >= 0.3 is 5.97 Å². The van der Waals surface area contributed by atoms with Gasteiger partial charge in [0, 0.05) is 24.8 Å². The lowest BCUT2D eigenvalue weighted by Crippen LogP contribution is -2.30. The first-order chi connectivity index (χ1) is 11.0. The molecule has 122 valence electrons. The van der Waals surface area contributed by atoms with E-state index in [2.05, 4.69) is 22.4 Å². The summed E-state index contributed by atoms with van der Waals surface area (Å²) in [6.45, 7) is 2.17. The van der Waals surface area contributed by atoms with E-state index in [0.717, 1.165) is 17.1 Å². The van der Waals surface area contributed by atoms with Crippen molar-refractivity contribution in [1.29, 1.82) is 0 Å². The molecule has 2 aromatic rings. The lowest BCUT2D eigenvalue weighted by atomic mass is 10.1. The van der Waals surface area contributed by atoms with Crippen molar-refractivity contribution in [3.05, 3.63) is 52.0 Å². The van der Waals surface area contributed by atoms with E-state index in [0.29, 0.717) is 6.54 Å². The summed E-state index contributed by atoms with van der Waals surface area (Å²) in [6, 6.07) is 10.1. The number of carboxylic acids is 1. The normalized spacial score (nSPS) is 11.9. The number of aromatic nitrogens is 1. The highest BCUT2D eigenvalue weighted by Crippen LogP contribution is 2.15. The first-order valence-corrected chi connectivity index (χ1v) is 8.36. The van der Waals surface area contributed by atoms with Crippen LogP contribution in [-0.2, 0) is 22.4 Å². The Morgan fingerprint density at radius 2 is 2.04 bits per heavy atom. The summed E-state index contributed by atoms with van der Waals surface area (Å²) in [6.07, 6.45) is 1.05. The number of carboxylic acid groups (broad SMARTS) is 1. The fourth-order valence-electron chi connectivity index (χ4n) is 2.17. The topological polar surface area (TPSA) is 79.3 Å². The van der Waals surface area contributed by atoms with E-state index >= 15 is 0 Å². The van der Waals surface area contributed by atoms with E-state index in [4.69, 9.17) is 5.11 Å². The molecule has 0 saturated carbocycles. The van der Waals surface area contributed by atoms with Crippen molar-refractivity contribution in [2.45, 2.75) is 26.2 Å². The summed E-state index contributed by atoms with van der Waals surface area (Å²) in [5.41, 5.74) is 1.95. The van der Waals surface area contributed by atoms with Crippen molar-refractivity contribution < 1.29 is 14.7 Å². The molecule has 0 aliphatic carbocycles. The van der Waals surface area contributed by atoms with E-state index in [9.17, 15) is 9.59 Å². The van der Waals surface area contributed by atoms with Gasteiger partial charge in [-0.15, -0.1) is 11.3 Å². The summed E-state index contributed by atoms with van der Waals surface area (Å²) < 4.78 is 0. The maximum absolute atomic E-state index is 11.9. The maximum atomic E-state index is 11.9. The molecule has 23 heavy (non-hydrogen) atoms. The van der Waals surface area contributed by atoms with Gasteiger partial charge in [0.25, 0.3) is 0 Å². The molecular formula is C17H20N2O3S. The Hall–Kier alpha value is -2.21. The van der Waals surface area contributed by atoms with Crippen LogP contribution in [0.15, 0.2) is 35.7 Å². The molecule has 1 amide bonds. The number of thiazole rings is 1. The minimum absolute atomic E-state index is 0.0538. The van der Waals surface area contributed by atoms with Gasteiger partial charge in [-0.2, -0.15) is 0 Å². The first-order valence-electron chi connectivity index (χ1n) is 7.48. The fourth-order valence-corrected chi connectivity index (χ4v) is 3.00. The monoisotopic (exact) mass is 332 g/mol. The number of benzene rings is 1. The molecule has 0 aliphatic heterocycles. The number of nitrogens with zero attached hydrogens (tertiary/aromatic N) is 1. The van der Waals surface area contributed by atoms with E-state index in [1.807, 2.05) is 23.6 Å². The number of nitrogens with one attached hydrogen (secondary N) is 1. The van der Waals surface area contributed by atoms with Crippen LogP contribution in [0, 0.1) is 5.92 Å². The van der Waals surface area contributed by atoms with Crippen molar-refractivity contribution in [2.75, 3.05) is 6.54 Å². The SMILES string of the molecule is CC(CNC(=O)Cc1csc(Cc2ccccc2)n1)CC(=O)O. The predicted molar refractivity (Wildman–Crippen MR) is 89.5 cm³/mol. The van der Waals surface area contributed by atoms with Crippen LogP contribution >= 0.6 is 11.3 Å². The van der Waals surface area contributed by atoms with Gasteiger partial charge in [0.15, 0.2) is 0 Å². The molecule has 1 unspecified atom stereocenters. The Morgan fingerprint density at radius 3 is 2.74 bits per heavy atom. The molecule has 2 rings (SSSR count). The zero-order valence-electron chi connectivity index (χ0n) is 13.0. The Morgan fingerprint density at radius 1 is 1.30 bits per heavy atom. The molecule has 6 heteroatoms. The molecule has 1 heterocycles. The Balaban J connectivity index is 1.79. The molecule has 0 spiro atoms. The van der Waals surface area contributed by atoms with Gasteiger partial charge in [-0.1, -0.05) is 37.3 Å². The van der Waals surface area contributed by atoms with Crippen LogP contribution in [0.1, 0.15) is 29.6 Å². The molecule has 1 aromatic carbocycles. The van der Waals surface area contributed by atoms with Gasteiger partial charge in [0.05, 0.1) is 17.1 Å². The zero-order chi connectivity index (χ0) is 16.7. The van der Waals surface area contributed by atoms with Crippen LogP contribution in [0.4, 0.5) is 0 Å². The van der Waals surface area contributed by atoms with E-state index < -0.39 is 5.97 Å². The fraction of sp³-hybridized carbons (Fsp3) is 0.353. The van der Waals surface area contributed by atoms with Gasteiger partial charge in [0.1, 0.15) is 0 Å². The van der Waals surface area contributed by atoms with Crippen molar-refractivity contribution >= 4 is 23.2 Å². The molecule has 5 nitrogen and oxygen atoms in total. The number of rotatable bonds is 8. The Kier molecular flexibility index (Phi) is 6.29. The van der Waals surface area contributed by atoms with E-state index in [1.54, 1.807) is 18.3 Å². The summed E-state index contributed by atoms with van der Waals surface area (Å²) in [4.78, 5) is 26.9. The summed E-state index contributed by atoms with van der Waals surface area (Å²) >= 11 is 1.55. The number of amides is 1. The molecule has 1 aromatic heterocycles. The quantitative estimate of drug-likeness (QED) is 0.778. The third-order valence-corrected chi connectivity index (χ3v) is 4.21. The second kappa shape index (κ2) is 8.43. The Bertz CT molecular complexity index is 655. The number of carbonyl (C=O) groups is 2. The average Bonchev–Trinajstić information content (AvgIpc) is 2.92. The predicted octanol–water partition coefficient (Wildman–Crippen LogP) is 2.50. The van der Waals surface area contributed by atoms with Gasteiger partial charge in [-0.25, -0.2) is 4.98 Å². The van der Waals surface area contributed by atoms with Gasteiger partial charge in [-0.05, 0) is 11.5 Å².